The smallest absolute Gasteiger partial charge is 0.308 e. The molecule has 0 spiro atoms. The van der Waals surface area contributed by atoms with E-state index < -0.39 is 23.8 Å². The number of carboxylic acid groups (broad SMARTS) is 1. The summed E-state index contributed by atoms with van der Waals surface area (Å²) in [5.41, 5.74) is 5.42. The van der Waals surface area contributed by atoms with Crippen LogP contribution >= 0.6 is 0 Å². The number of rotatable bonds is 7. The Morgan fingerprint density at radius 2 is 1.94 bits per heavy atom. The maximum Gasteiger partial charge on any atom is 0.308 e. The van der Waals surface area contributed by atoms with Crippen LogP contribution in [0.2, 0.25) is 0 Å². The van der Waals surface area contributed by atoms with Crippen LogP contribution in [0.15, 0.2) is 0 Å². The molecule has 0 aliphatic carbocycles. The molecule has 106 valence electrons. The number of nitrogens with two attached hydrogens (primary N) is 1. The van der Waals surface area contributed by atoms with Gasteiger partial charge in [0.05, 0.1) is 12.5 Å². The standard InChI is InChI=1S/C12H24N2O4/c1-12(2,3)5-8(11(16)17)6-14-10(15)9(13)7-18-4/h8-9H,5-7,13H2,1-4H3,(H,14,15)(H,16,17). The zero-order valence-corrected chi connectivity index (χ0v) is 11.5. The Morgan fingerprint density at radius 1 is 1.39 bits per heavy atom. The SMILES string of the molecule is COCC(N)C(=O)NCC(CC(C)(C)C)C(=O)O. The van der Waals surface area contributed by atoms with Crippen molar-refractivity contribution in [2.24, 2.45) is 17.1 Å². The lowest BCUT2D eigenvalue weighted by atomic mass is 9.84. The van der Waals surface area contributed by atoms with Gasteiger partial charge in [0.1, 0.15) is 6.04 Å². The van der Waals surface area contributed by atoms with Gasteiger partial charge in [0, 0.05) is 13.7 Å². The number of ether oxygens (including phenoxy) is 1. The summed E-state index contributed by atoms with van der Waals surface area (Å²) >= 11 is 0. The van der Waals surface area contributed by atoms with Gasteiger partial charge in [0.2, 0.25) is 5.91 Å². The van der Waals surface area contributed by atoms with E-state index in [1.165, 1.54) is 7.11 Å². The van der Waals surface area contributed by atoms with Gasteiger partial charge in [-0.2, -0.15) is 0 Å². The van der Waals surface area contributed by atoms with E-state index in [4.69, 9.17) is 15.6 Å². The fourth-order valence-corrected chi connectivity index (χ4v) is 1.60. The van der Waals surface area contributed by atoms with Crippen LogP contribution in [-0.2, 0) is 14.3 Å². The quantitative estimate of drug-likeness (QED) is 0.607. The molecule has 2 unspecified atom stereocenters. The Labute approximate surface area is 108 Å². The average Bonchev–Trinajstić information content (AvgIpc) is 2.22. The maximum atomic E-state index is 11.5. The molecular weight excluding hydrogens is 236 g/mol. The minimum absolute atomic E-state index is 0.0862. The van der Waals surface area contributed by atoms with Crippen molar-refractivity contribution in [1.82, 2.24) is 5.32 Å². The number of nitrogens with one attached hydrogen (secondary N) is 1. The number of carbonyl (C=O) groups is 2. The number of amides is 1. The third kappa shape index (κ3) is 7.24. The molecule has 0 bridgehead atoms. The van der Waals surface area contributed by atoms with Gasteiger partial charge in [-0.1, -0.05) is 20.8 Å². The number of methoxy groups -OCH3 is 1. The average molecular weight is 260 g/mol. The lowest BCUT2D eigenvalue weighted by Crippen LogP contribution is -2.46. The van der Waals surface area contributed by atoms with E-state index in [1.807, 2.05) is 20.8 Å². The third-order valence-corrected chi connectivity index (χ3v) is 2.41. The summed E-state index contributed by atoms with van der Waals surface area (Å²) in [4.78, 5) is 22.6. The highest BCUT2D eigenvalue weighted by Crippen LogP contribution is 2.24. The zero-order chi connectivity index (χ0) is 14.3. The van der Waals surface area contributed by atoms with Crippen LogP contribution in [0.5, 0.6) is 0 Å². The second-order valence-electron chi connectivity index (χ2n) is 5.61. The lowest BCUT2D eigenvalue weighted by Gasteiger charge is -2.23. The van der Waals surface area contributed by atoms with Crippen molar-refractivity contribution in [3.8, 4) is 0 Å². The van der Waals surface area contributed by atoms with Crippen molar-refractivity contribution in [1.29, 1.82) is 0 Å². The molecule has 0 fully saturated rings. The summed E-state index contributed by atoms with van der Waals surface area (Å²) in [6, 6.07) is -0.765. The van der Waals surface area contributed by atoms with Crippen LogP contribution in [0, 0.1) is 11.3 Å². The van der Waals surface area contributed by atoms with Gasteiger partial charge in [-0.15, -0.1) is 0 Å². The molecule has 6 nitrogen and oxygen atoms in total. The van der Waals surface area contributed by atoms with Crippen LogP contribution in [0.25, 0.3) is 0 Å². The summed E-state index contributed by atoms with van der Waals surface area (Å²) in [6.45, 7) is 6.08. The van der Waals surface area contributed by atoms with Crippen LogP contribution < -0.4 is 11.1 Å². The zero-order valence-electron chi connectivity index (χ0n) is 11.5. The highest BCUT2D eigenvalue weighted by Gasteiger charge is 2.25. The lowest BCUT2D eigenvalue weighted by molar-refractivity contribution is -0.142. The fourth-order valence-electron chi connectivity index (χ4n) is 1.60. The highest BCUT2D eigenvalue weighted by molar-refractivity contribution is 5.82. The van der Waals surface area contributed by atoms with Gasteiger partial charge in [-0.05, 0) is 11.8 Å². The van der Waals surface area contributed by atoms with E-state index >= 15 is 0 Å². The molecular formula is C12H24N2O4. The van der Waals surface area contributed by atoms with Crippen LogP contribution in [0.3, 0.4) is 0 Å². The first-order valence-electron chi connectivity index (χ1n) is 5.92. The van der Waals surface area contributed by atoms with Crippen LogP contribution in [-0.4, -0.2) is 43.3 Å². The van der Waals surface area contributed by atoms with Gasteiger partial charge < -0.3 is 20.9 Å². The summed E-state index contributed by atoms with van der Waals surface area (Å²) in [5.74, 6) is -1.91. The summed E-state index contributed by atoms with van der Waals surface area (Å²) in [5, 5.41) is 11.6. The predicted octanol–water partition coefficient (Wildman–Crippen LogP) is 0.213. The second-order valence-corrected chi connectivity index (χ2v) is 5.61. The van der Waals surface area contributed by atoms with Crippen molar-refractivity contribution < 1.29 is 19.4 Å². The third-order valence-electron chi connectivity index (χ3n) is 2.41. The molecule has 18 heavy (non-hydrogen) atoms. The van der Waals surface area contributed by atoms with E-state index in [2.05, 4.69) is 5.32 Å². The van der Waals surface area contributed by atoms with Gasteiger partial charge in [0.25, 0.3) is 0 Å². The molecule has 0 radical (unpaired) electrons. The number of hydrogen-bond acceptors (Lipinski definition) is 4. The van der Waals surface area contributed by atoms with Crippen molar-refractivity contribution in [3.05, 3.63) is 0 Å². The van der Waals surface area contributed by atoms with E-state index in [0.29, 0.717) is 6.42 Å². The predicted molar refractivity (Wildman–Crippen MR) is 68.1 cm³/mol. The van der Waals surface area contributed by atoms with Gasteiger partial charge in [0.15, 0.2) is 0 Å². The minimum Gasteiger partial charge on any atom is -0.481 e. The Kier molecular flexibility index (Phi) is 6.86. The van der Waals surface area contributed by atoms with Crippen LogP contribution in [0.4, 0.5) is 0 Å². The monoisotopic (exact) mass is 260 g/mol. The van der Waals surface area contributed by atoms with E-state index in [9.17, 15) is 9.59 Å². The first kappa shape index (κ1) is 16.9. The van der Waals surface area contributed by atoms with Gasteiger partial charge >= 0.3 is 5.97 Å². The van der Waals surface area contributed by atoms with Crippen molar-refractivity contribution >= 4 is 11.9 Å². The van der Waals surface area contributed by atoms with Crippen molar-refractivity contribution in [2.45, 2.75) is 33.2 Å². The van der Waals surface area contributed by atoms with Gasteiger partial charge in [-0.3, -0.25) is 9.59 Å². The van der Waals surface area contributed by atoms with E-state index in [-0.39, 0.29) is 18.6 Å². The molecule has 0 aliphatic heterocycles. The minimum atomic E-state index is -0.912. The summed E-state index contributed by atoms with van der Waals surface area (Å²) < 4.78 is 4.76. The van der Waals surface area contributed by atoms with Gasteiger partial charge in [-0.25, -0.2) is 0 Å². The fraction of sp³-hybridized carbons (Fsp3) is 0.833. The van der Waals surface area contributed by atoms with Crippen LogP contribution in [0.1, 0.15) is 27.2 Å². The normalized spacial score (nSPS) is 14.9. The highest BCUT2D eigenvalue weighted by atomic mass is 16.5. The largest absolute Gasteiger partial charge is 0.481 e. The Balaban J connectivity index is 4.28. The van der Waals surface area contributed by atoms with Crippen molar-refractivity contribution in [2.75, 3.05) is 20.3 Å². The maximum absolute atomic E-state index is 11.5. The molecule has 0 rings (SSSR count). The molecule has 0 aliphatic rings. The Bertz CT molecular complexity index is 286. The molecule has 0 aromatic rings. The number of carbonyl (C=O) groups excluding carboxylic acids is 1. The van der Waals surface area contributed by atoms with E-state index in [1.54, 1.807) is 0 Å². The second kappa shape index (κ2) is 7.33. The van der Waals surface area contributed by atoms with E-state index in [0.717, 1.165) is 0 Å². The first-order valence-corrected chi connectivity index (χ1v) is 5.92. The molecule has 4 N–H and O–H groups in total. The number of hydrogen-bond donors (Lipinski definition) is 3. The van der Waals surface area contributed by atoms with Crippen molar-refractivity contribution in [3.63, 3.8) is 0 Å². The molecule has 2 atom stereocenters. The summed E-state index contributed by atoms with van der Waals surface area (Å²) in [6.07, 6.45) is 0.488. The molecule has 0 saturated carbocycles. The molecule has 0 saturated heterocycles. The molecule has 0 aromatic heterocycles. The Hall–Kier alpha value is -1.14. The molecule has 6 heteroatoms. The topological polar surface area (TPSA) is 102 Å². The summed E-state index contributed by atoms with van der Waals surface area (Å²) in [7, 11) is 1.45. The molecule has 1 amide bonds. The number of aliphatic carboxylic acids is 1. The first-order chi connectivity index (χ1) is 8.17. The Morgan fingerprint density at radius 3 is 2.33 bits per heavy atom. The number of carboxylic acids is 1. The molecule has 0 heterocycles. The molecule has 0 aromatic carbocycles.